The van der Waals surface area contributed by atoms with Crippen LogP contribution in [0.25, 0.3) is 21.8 Å². The fraction of sp³-hybridized carbons (Fsp3) is 0.188. The third-order valence-electron chi connectivity index (χ3n) is 7.03. The molecule has 1 amide bonds. The molecule has 0 aliphatic carbocycles. The number of sulfonamides is 1. The molecule has 9 heteroatoms. The maximum atomic E-state index is 13.5. The Hall–Kier alpha value is -4.63. The number of nitrogens with zero attached hydrogens (tertiary/aromatic N) is 2. The number of esters is 1. The lowest BCUT2D eigenvalue weighted by molar-refractivity contribution is -0.119. The Morgan fingerprint density at radius 3 is 2.29 bits per heavy atom. The number of rotatable bonds is 9. The lowest BCUT2D eigenvalue weighted by Gasteiger charge is -2.24. The van der Waals surface area contributed by atoms with Crippen LogP contribution in [0, 0.1) is 6.92 Å². The van der Waals surface area contributed by atoms with Gasteiger partial charge < -0.3 is 14.6 Å². The highest BCUT2D eigenvalue weighted by Crippen LogP contribution is 2.31. The fourth-order valence-corrected chi connectivity index (χ4v) is 6.82. The van der Waals surface area contributed by atoms with Gasteiger partial charge in [0, 0.05) is 40.6 Å². The lowest BCUT2D eigenvalue weighted by Crippen LogP contribution is -2.31. The molecule has 1 heterocycles. The molecule has 5 aromatic rings. The van der Waals surface area contributed by atoms with Crippen LogP contribution in [0.4, 0.5) is 11.4 Å². The zero-order valence-corrected chi connectivity index (χ0v) is 23.9. The van der Waals surface area contributed by atoms with Gasteiger partial charge in [0.15, 0.2) is 6.61 Å². The van der Waals surface area contributed by atoms with Gasteiger partial charge in [-0.2, -0.15) is 0 Å². The highest BCUT2D eigenvalue weighted by atomic mass is 32.2. The van der Waals surface area contributed by atoms with Gasteiger partial charge in [-0.05, 0) is 74.9 Å². The van der Waals surface area contributed by atoms with Crippen LogP contribution in [-0.2, 0) is 26.1 Å². The number of para-hydroxylation sites is 2. The van der Waals surface area contributed by atoms with E-state index in [-0.39, 0.29) is 17.0 Å². The SMILES string of the molecule is CCN(c1ccccc1)S(=O)(=O)c1cc(C(=O)OCC(=O)Nc2ccc3c(c2)c2ccccc2n3CC)ccc1C. The summed E-state index contributed by atoms with van der Waals surface area (Å²) in [6.07, 6.45) is 0. The molecule has 0 aliphatic rings. The molecule has 0 aliphatic heterocycles. The van der Waals surface area contributed by atoms with Crippen molar-refractivity contribution in [3.63, 3.8) is 0 Å². The number of carbonyl (C=O) groups is 2. The van der Waals surface area contributed by atoms with E-state index in [0.29, 0.717) is 16.9 Å². The molecule has 0 saturated heterocycles. The Labute approximate surface area is 239 Å². The number of fused-ring (bicyclic) bond motifs is 3. The van der Waals surface area contributed by atoms with Crippen molar-refractivity contribution in [3.8, 4) is 0 Å². The van der Waals surface area contributed by atoms with Crippen LogP contribution in [0.15, 0.2) is 95.9 Å². The van der Waals surface area contributed by atoms with Crippen LogP contribution in [0.3, 0.4) is 0 Å². The first-order valence-corrected chi connectivity index (χ1v) is 14.8. The van der Waals surface area contributed by atoms with E-state index in [1.54, 1.807) is 44.2 Å². The van der Waals surface area contributed by atoms with Crippen LogP contribution < -0.4 is 9.62 Å². The molecule has 1 N–H and O–H groups in total. The Morgan fingerprint density at radius 1 is 0.854 bits per heavy atom. The maximum Gasteiger partial charge on any atom is 0.338 e. The summed E-state index contributed by atoms with van der Waals surface area (Å²) < 4.78 is 35.8. The van der Waals surface area contributed by atoms with Crippen LogP contribution in [-0.4, -0.2) is 38.0 Å². The summed E-state index contributed by atoms with van der Waals surface area (Å²) in [5, 5.41) is 4.90. The number of amides is 1. The van der Waals surface area contributed by atoms with Gasteiger partial charge in [0.05, 0.1) is 16.1 Å². The number of carbonyl (C=O) groups excluding carboxylic acids is 2. The van der Waals surface area contributed by atoms with Gasteiger partial charge in [0.1, 0.15) is 0 Å². The van der Waals surface area contributed by atoms with E-state index in [0.717, 1.165) is 28.4 Å². The first kappa shape index (κ1) is 27.9. The average molecular weight is 570 g/mol. The number of hydrogen-bond acceptors (Lipinski definition) is 5. The summed E-state index contributed by atoms with van der Waals surface area (Å²) in [5.41, 5.74) is 3.83. The third-order valence-corrected chi connectivity index (χ3v) is 9.07. The highest BCUT2D eigenvalue weighted by Gasteiger charge is 2.27. The molecular formula is C32H31N3O5S. The minimum Gasteiger partial charge on any atom is -0.452 e. The summed E-state index contributed by atoms with van der Waals surface area (Å²) in [6, 6.07) is 26.9. The molecule has 8 nitrogen and oxygen atoms in total. The number of benzene rings is 4. The first-order valence-electron chi connectivity index (χ1n) is 13.4. The average Bonchev–Trinajstić information content (AvgIpc) is 3.29. The number of ether oxygens (including phenoxy) is 1. The second kappa shape index (κ2) is 11.5. The van der Waals surface area contributed by atoms with Gasteiger partial charge >= 0.3 is 5.97 Å². The van der Waals surface area contributed by atoms with Crippen molar-refractivity contribution < 1.29 is 22.7 Å². The molecule has 1 aromatic heterocycles. The Morgan fingerprint density at radius 2 is 1.56 bits per heavy atom. The van der Waals surface area contributed by atoms with E-state index in [9.17, 15) is 18.0 Å². The van der Waals surface area contributed by atoms with E-state index in [4.69, 9.17) is 4.74 Å². The number of aryl methyl sites for hydroxylation is 2. The van der Waals surface area contributed by atoms with Gasteiger partial charge in [-0.15, -0.1) is 0 Å². The van der Waals surface area contributed by atoms with E-state index in [1.165, 1.54) is 16.4 Å². The van der Waals surface area contributed by atoms with Crippen molar-refractivity contribution in [2.24, 2.45) is 0 Å². The van der Waals surface area contributed by atoms with E-state index >= 15 is 0 Å². The number of hydrogen-bond donors (Lipinski definition) is 1. The van der Waals surface area contributed by atoms with Gasteiger partial charge in [0.25, 0.3) is 15.9 Å². The van der Waals surface area contributed by atoms with Crippen molar-refractivity contribution in [1.82, 2.24) is 4.57 Å². The zero-order valence-electron chi connectivity index (χ0n) is 23.1. The van der Waals surface area contributed by atoms with Crippen molar-refractivity contribution in [3.05, 3.63) is 102 Å². The monoisotopic (exact) mass is 569 g/mol. The van der Waals surface area contributed by atoms with Gasteiger partial charge in [-0.25, -0.2) is 13.2 Å². The summed E-state index contributed by atoms with van der Waals surface area (Å²) in [6.45, 7) is 6.01. The second-order valence-corrected chi connectivity index (χ2v) is 11.4. The molecule has 210 valence electrons. The summed E-state index contributed by atoms with van der Waals surface area (Å²) in [7, 11) is -3.95. The zero-order chi connectivity index (χ0) is 29.1. The molecule has 0 radical (unpaired) electrons. The van der Waals surface area contributed by atoms with Gasteiger partial charge in [-0.3, -0.25) is 9.10 Å². The van der Waals surface area contributed by atoms with E-state index in [1.807, 2.05) is 42.5 Å². The third kappa shape index (κ3) is 5.40. The largest absolute Gasteiger partial charge is 0.452 e. The molecule has 0 fully saturated rings. The first-order chi connectivity index (χ1) is 19.7. The smallest absolute Gasteiger partial charge is 0.338 e. The fourth-order valence-electron chi connectivity index (χ4n) is 5.09. The lowest BCUT2D eigenvalue weighted by atomic mass is 10.1. The quantitative estimate of drug-likeness (QED) is 0.215. The highest BCUT2D eigenvalue weighted by molar-refractivity contribution is 7.92. The topological polar surface area (TPSA) is 97.7 Å². The van der Waals surface area contributed by atoms with Gasteiger partial charge in [-0.1, -0.05) is 42.5 Å². The number of anilines is 2. The van der Waals surface area contributed by atoms with E-state index < -0.39 is 28.5 Å². The summed E-state index contributed by atoms with van der Waals surface area (Å²) in [4.78, 5) is 25.5. The van der Waals surface area contributed by atoms with Crippen molar-refractivity contribution in [2.75, 3.05) is 22.8 Å². The Bertz CT molecular complexity index is 1860. The van der Waals surface area contributed by atoms with Crippen molar-refractivity contribution in [2.45, 2.75) is 32.2 Å². The minimum atomic E-state index is -3.95. The molecule has 0 bridgehead atoms. The van der Waals surface area contributed by atoms with Gasteiger partial charge in [0.2, 0.25) is 0 Å². The molecule has 5 rings (SSSR count). The number of aromatic nitrogens is 1. The Kier molecular flexibility index (Phi) is 7.81. The standard InChI is InChI=1S/C32H31N3O5S/c1-4-34-28-14-10-9-13-26(28)27-20-24(17-18-29(27)34)33-31(36)21-40-32(37)23-16-15-22(3)30(19-23)41(38,39)35(5-2)25-11-7-6-8-12-25/h6-20H,4-5,21H2,1-3H3,(H,33,36). The van der Waals surface area contributed by atoms with Crippen LogP contribution in [0.2, 0.25) is 0 Å². The number of nitrogens with one attached hydrogen (secondary N) is 1. The molecule has 0 saturated carbocycles. The molecule has 0 atom stereocenters. The second-order valence-electron chi connectivity index (χ2n) is 9.60. The molecule has 0 unspecified atom stereocenters. The van der Waals surface area contributed by atoms with Crippen LogP contribution in [0.5, 0.6) is 0 Å². The summed E-state index contributed by atoms with van der Waals surface area (Å²) in [5.74, 6) is -1.29. The maximum absolute atomic E-state index is 13.5. The minimum absolute atomic E-state index is 0.00153. The van der Waals surface area contributed by atoms with Crippen molar-refractivity contribution in [1.29, 1.82) is 0 Å². The predicted octanol–water partition coefficient (Wildman–Crippen LogP) is 6.13. The predicted molar refractivity (Wildman–Crippen MR) is 162 cm³/mol. The van der Waals surface area contributed by atoms with Crippen molar-refractivity contribution >= 4 is 55.1 Å². The summed E-state index contributed by atoms with van der Waals surface area (Å²) >= 11 is 0. The molecule has 0 spiro atoms. The molecule has 4 aromatic carbocycles. The molecular weight excluding hydrogens is 538 g/mol. The van der Waals surface area contributed by atoms with Crippen LogP contribution in [0.1, 0.15) is 29.8 Å². The Balaban J connectivity index is 1.30. The normalized spacial score (nSPS) is 11.5. The van der Waals surface area contributed by atoms with Crippen LogP contribution >= 0.6 is 0 Å². The van der Waals surface area contributed by atoms with E-state index in [2.05, 4.69) is 22.9 Å². The molecule has 41 heavy (non-hydrogen) atoms.